The van der Waals surface area contributed by atoms with E-state index in [9.17, 15) is 0 Å². The van der Waals surface area contributed by atoms with Crippen LogP contribution in [0, 0.1) is 0 Å². The molecule has 1 aliphatic heterocycles. The molecule has 0 fully saturated rings. The van der Waals surface area contributed by atoms with Gasteiger partial charge >= 0.3 is 0 Å². The van der Waals surface area contributed by atoms with Gasteiger partial charge in [-0.05, 0) is 24.3 Å². The number of para-hydroxylation sites is 1. The van der Waals surface area contributed by atoms with E-state index in [2.05, 4.69) is 39.0 Å². The van der Waals surface area contributed by atoms with E-state index in [1.54, 1.807) is 0 Å². The zero-order chi connectivity index (χ0) is 12.5. The molecule has 1 heterocycles. The molecule has 1 unspecified atom stereocenters. The molecule has 0 spiro atoms. The number of benzene rings is 1. The van der Waals surface area contributed by atoms with E-state index < -0.39 is 0 Å². The van der Waals surface area contributed by atoms with E-state index in [0.717, 1.165) is 25.2 Å². The molecule has 0 bridgehead atoms. The van der Waals surface area contributed by atoms with Gasteiger partial charge in [-0.2, -0.15) is 0 Å². The highest BCUT2D eigenvalue weighted by molar-refractivity contribution is 5.47. The van der Waals surface area contributed by atoms with Crippen molar-refractivity contribution in [3.63, 3.8) is 0 Å². The lowest BCUT2D eigenvalue weighted by Crippen LogP contribution is -2.31. The third-order valence-electron chi connectivity index (χ3n) is 3.89. The van der Waals surface area contributed by atoms with E-state index in [1.165, 1.54) is 11.1 Å². The first-order chi connectivity index (χ1) is 8.08. The lowest BCUT2D eigenvalue weighted by atomic mass is 9.77. The van der Waals surface area contributed by atoms with E-state index in [1.807, 2.05) is 0 Å². The second kappa shape index (κ2) is 4.69. The Morgan fingerprint density at radius 2 is 2.18 bits per heavy atom. The number of rotatable bonds is 2. The number of ether oxygens (including phenoxy) is 1. The largest absolute Gasteiger partial charge is 0.493 e. The standard InChI is InChI=1S/C15H23NO/c1-11(2)12-6-4-7-13-14(12)17-9-5-8-15(13,3)10-16/h4,6-7,11H,5,8-10,16H2,1-3H3. The molecule has 0 aromatic heterocycles. The maximum Gasteiger partial charge on any atom is 0.126 e. The summed E-state index contributed by atoms with van der Waals surface area (Å²) in [5.74, 6) is 1.58. The molecule has 2 heteroatoms. The number of nitrogens with two attached hydrogens (primary N) is 1. The maximum absolute atomic E-state index is 5.99. The minimum Gasteiger partial charge on any atom is -0.493 e. The van der Waals surface area contributed by atoms with E-state index in [-0.39, 0.29) is 5.41 Å². The average Bonchev–Trinajstić information content (AvgIpc) is 2.49. The van der Waals surface area contributed by atoms with Gasteiger partial charge in [0.2, 0.25) is 0 Å². The minimum atomic E-state index is 0.0662. The Kier molecular flexibility index (Phi) is 3.43. The average molecular weight is 233 g/mol. The van der Waals surface area contributed by atoms with Crippen LogP contribution in [0.4, 0.5) is 0 Å². The van der Waals surface area contributed by atoms with Gasteiger partial charge < -0.3 is 10.5 Å². The van der Waals surface area contributed by atoms with Crippen molar-refractivity contribution in [2.24, 2.45) is 5.73 Å². The number of fused-ring (bicyclic) bond motifs is 1. The molecular weight excluding hydrogens is 210 g/mol. The smallest absolute Gasteiger partial charge is 0.126 e. The summed E-state index contributed by atoms with van der Waals surface area (Å²) >= 11 is 0. The maximum atomic E-state index is 5.99. The van der Waals surface area contributed by atoms with Gasteiger partial charge in [0.15, 0.2) is 0 Å². The third-order valence-corrected chi connectivity index (χ3v) is 3.89. The van der Waals surface area contributed by atoms with Gasteiger partial charge in [-0.3, -0.25) is 0 Å². The monoisotopic (exact) mass is 233 g/mol. The summed E-state index contributed by atoms with van der Waals surface area (Å²) in [6, 6.07) is 6.49. The van der Waals surface area contributed by atoms with Crippen LogP contribution in [0.5, 0.6) is 5.75 Å². The molecule has 0 aliphatic carbocycles. The predicted octanol–water partition coefficient (Wildman–Crippen LogP) is 3.20. The summed E-state index contributed by atoms with van der Waals surface area (Å²) in [5, 5.41) is 0. The van der Waals surface area contributed by atoms with Gasteiger partial charge in [-0.1, -0.05) is 39.0 Å². The van der Waals surface area contributed by atoms with Crippen LogP contribution in [0.25, 0.3) is 0 Å². The molecule has 1 atom stereocenters. The van der Waals surface area contributed by atoms with Crippen molar-refractivity contribution in [3.8, 4) is 5.75 Å². The lowest BCUT2D eigenvalue weighted by molar-refractivity contribution is 0.309. The quantitative estimate of drug-likeness (QED) is 0.851. The Balaban J connectivity index is 2.57. The van der Waals surface area contributed by atoms with Crippen molar-refractivity contribution < 1.29 is 4.74 Å². The predicted molar refractivity (Wildman–Crippen MR) is 71.7 cm³/mol. The molecule has 94 valence electrons. The molecule has 17 heavy (non-hydrogen) atoms. The van der Waals surface area contributed by atoms with Crippen molar-refractivity contribution >= 4 is 0 Å². The Morgan fingerprint density at radius 3 is 2.82 bits per heavy atom. The highest BCUT2D eigenvalue weighted by atomic mass is 16.5. The summed E-state index contributed by atoms with van der Waals surface area (Å²) in [5.41, 5.74) is 8.66. The van der Waals surface area contributed by atoms with Crippen LogP contribution >= 0.6 is 0 Å². The Morgan fingerprint density at radius 1 is 1.41 bits per heavy atom. The van der Waals surface area contributed by atoms with Gasteiger partial charge in [0.1, 0.15) is 5.75 Å². The zero-order valence-electron chi connectivity index (χ0n) is 11.1. The van der Waals surface area contributed by atoms with Gasteiger partial charge in [0, 0.05) is 17.5 Å². The number of hydrogen-bond donors (Lipinski definition) is 1. The lowest BCUT2D eigenvalue weighted by Gasteiger charge is -2.28. The molecule has 1 aromatic carbocycles. The van der Waals surface area contributed by atoms with Crippen molar-refractivity contribution in [3.05, 3.63) is 29.3 Å². The molecule has 1 aromatic rings. The Bertz CT molecular complexity index is 400. The van der Waals surface area contributed by atoms with Crippen LogP contribution in [0.1, 0.15) is 50.7 Å². The second-order valence-electron chi connectivity index (χ2n) is 5.60. The molecular formula is C15H23NO. The minimum absolute atomic E-state index is 0.0662. The van der Waals surface area contributed by atoms with E-state index in [0.29, 0.717) is 12.5 Å². The van der Waals surface area contributed by atoms with Crippen molar-refractivity contribution in [1.29, 1.82) is 0 Å². The highest BCUT2D eigenvalue weighted by Crippen LogP contribution is 2.41. The molecule has 0 saturated carbocycles. The van der Waals surface area contributed by atoms with Crippen LogP contribution in [-0.4, -0.2) is 13.2 Å². The first kappa shape index (κ1) is 12.4. The van der Waals surface area contributed by atoms with Crippen LogP contribution in [0.15, 0.2) is 18.2 Å². The summed E-state index contributed by atoms with van der Waals surface area (Å²) in [4.78, 5) is 0. The second-order valence-corrected chi connectivity index (χ2v) is 5.60. The normalized spacial score (nSPS) is 24.1. The fourth-order valence-corrected chi connectivity index (χ4v) is 2.63. The third kappa shape index (κ3) is 2.19. The van der Waals surface area contributed by atoms with Crippen molar-refractivity contribution in [2.75, 3.05) is 13.2 Å². The molecule has 2 N–H and O–H groups in total. The Hall–Kier alpha value is -1.02. The molecule has 2 nitrogen and oxygen atoms in total. The topological polar surface area (TPSA) is 35.2 Å². The fourth-order valence-electron chi connectivity index (χ4n) is 2.63. The molecule has 0 radical (unpaired) electrons. The van der Waals surface area contributed by atoms with Crippen LogP contribution in [0.3, 0.4) is 0 Å². The van der Waals surface area contributed by atoms with Gasteiger partial charge in [0.25, 0.3) is 0 Å². The van der Waals surface area contributed by atoms with Crippen molar-refractivity contribution in [1.82, 2.24) is 0 Å². The van der Waals surface area contributed by atoms with Crippen molar-refractivity contribution in [2.45, 2.75) is 44.9 Å². The SMILES string of the molecule is CC(C)c1cccc2c1OCCCC2(C)CN. The summed E-state index contributed by atoms with van der Waals surface area (Å²) in [6.07, 6.45) is 2.19. The molecule has 1 aliphatic rings. The first-order valence-electron chi connectivity index (χ1n) is 6.55. The number of hydrogen-bond acceptors (Lipinski definition) is 2. The molecule has 0 amide bonds. The van der Waals surface area contributed by atoms with E-state index in [4.69, 9.17) is 10.5 Å². The van der Waals surface area contributed by atoms with Crippen LogP contribution in [-0.2, 0) is 5.41 Å². The first-order valence-corrected chi connectivity index (χ1v) is 6.55. The Labute approximate surface area is 104 Å². The van der Waals surface area contributed by atoms with Gasteiger partial charge in [-0.15, -0.1) is 0 Å². The highest BCUT2D eigenvalue weighted by Gasteiger charge is 2.31. The summed E-state index contributed by atoms with van der Waals surface area (Å²) < 4.78 is 5.98. The summed E-state index contributed by atoms with van der Waals surface area (Å²) in [6.45, 7) is 8.18. The van der Waals surface area contributed by atoms with Gasteiger partial charge in [0.05, 0.1) is 6.61 Å². The van der Waals surface area contributed by atoms with Crippen LogP contribution in [0.2, 0.25) is 0 Å². The van der Waals surface area contributed by atoms with Gasteiger partial charge in [-0.25, -0.2) is 0 Å². The van der Waals surface area contributed by atoms with E-state index >= 15 is 0 Å². The zero-order valence-corrected chi connectivity index (χ0v) is 11.1. The van der Waals surface area contributed by atoms with Crippen LogP contribution < -0.4 is 10.5 Å². The summed E-state index contributed by atoms with van der Waals surface area (Å²) in [7, 11) is 0. The molecule has 2 rings (SSSR count). The fraction of sp³-hybridized carbons (Fsp3) is 0.600. The molecule has 0 saturated heterocycles.